The SMILES string of the molecule is CCOC1CC(N(C)C(=O)C2(OC)CCNCC2)C1(C)C.Cl. The molecule has 2 unspecified atom stereocenters. The lowest BCUT2D eigenvalue weighted by Gasteiger charge is -2.56. The lowest BCUT2D eigenvalue weighted by Crippen LogP contribution is -2.66. The van der Waals surface area contributed by atoms with Crippen LogP contribution in [-0.2, 0) is 14.3 Å². The van der Waals surface area contributed by atoms with Crippen molar-refractivity contribution in [2.45, 2.75) is 57.8 Å². The van der Waals surface area contributed by atoms with Crippen LogP contribution in [0.5, 0.6) is 0 Å². The van der Waals surface area contributed by atoms with Crippen molar-refractivity contribution in [3.63, 3.8) is 0 Å². The summed E-state index contributed by atoms with van der Waals surface area (Å²) in [5.41, 5.74) is -0.644. The van der Waals surface area contributed by atoms with E-state index >= 15 is 0 Å². The molecule has 0 radical (unpaired) electrons. The molecule has 0 bridgehead atoms. The summed E-state index contributed by atoms with van der Waals surface area (Å²) in [6, 6.07) is 0.225. The van der Waals surface area contributed by atoms with Crippen LogP contribution in [0.4, 0.5) is 0 Å². The Morgan fingerprint density at radius 1 is 1.32 bits per heavy atom. The van der Waals surface area contributed by atoms with E-state index in [1.54, 1.807) is 7.11 Å². The number of rotatable bonds is 5. The van der Waals surface area contributed by atoms with Gasteiger partial charge in [-0.1, -0.05) is 13.8 Å². The molecule has 2 atom stereocenters. The molecule has 0 spiro atoms. The normalized spacial score (nSPS) is 29.1. The van der Waals surface area contributed by atoms with E-state index in [4.69, 9.17) is 9.47 Å². The van der Waals surface area contributed by atoms with E-state index in [1.807, 2.05) is 18.9 Å². The van der Waals surface area contributed by atoms with Gasteiger partial charge in [0, 0.05) is 32.2 Å². The molecule has 0 aromatic rings. The van der Waals surface area contributed by atoms with Crippen LogP contribution in [-0.4, -0.2) is 62.4 Å². The van der Waals surface area contributed by atoms with E-state index in [9.17, 15) is 4.79 Å². The summed E-state index contributed by atoms with van der Waals surface area (Å²) in [5, 5.41) is 3.29. The first kappa shape index (κ1) is 19.7. The molecule has 2 aliphatic rings. The lowest BCUT2D eigenvalue weighted by atomic mass is 9.63. The fraction of sp³-hybridized carbons (Fsp3) is 0.938. The third-order valence-electron chi connectivity index (χ3n) is 5.47. The second-order valence-corrected chi connectivity index (χ2v) is 6.88. The number of likely N-dealkylation sites (N-methyl/N-ethyl adjacent to an activating group) is 1. The second kappa shape index (κ2) is 7.47. The monoisotopic (exact) mass is 334 g/mol. The van der Waals surface area contributed by atoms with Gasteiger partial charge in [-0.3, -0.25) is 4.79 Å². The predicted molar refractivity (Wildman–Crippen MR) is 89.5 cm³/mol. The van der Waals surface area contributed by atoms with E-state index in [0.29, 0.717) is 0 Å². The largest absolute Gasteiger partial charge is 0.378 e. The van der Waals surface area contributed by atoms with Gasteiger partial charge < -0.3 is 19.7 Å². The third kappa shape index (κ3) is 3.28. The molecular formula is C16H31ClN2O3. The third-order valence-corrected chi connectivity index (χ3v) is 5.47. The number of carbonyl (C=O) groups excluding carboxylic acids is 1. The quantitative estimate of drug-likeness (QED) is 0.833. The summed E-state index contributed by atoms with van der Waals surface area (Å²) in [6.07, 6.45) is 2.65. The van der Waals surface area contributed by atoms with Crippen LogP contribution >= 0.6 is 12.4 Å². The van der Waals surface area contributed by atoms with E-state index in [2.05, 4.69) is 19.2 Å². The molecule has 6 heteroatoms. The Morgan fingerprint density at radius 2 is 1.91 bits per heavy atom. The van der Waals surface area contributed by atoms with Gasteiger partial charge in [0.15, 0.2) is 0 Å². The number of hydrogen-bond acceptors (Lipinski definition) is 4. The maximum Gasteiger partial charge on any atom is 0.254 e. The molecule has 0 aromatic carbocycles. The number of nitrogens with one attached hydrogen (secondary N) is 1. The highest BCUT2D eigenvalue weighted by atomic mass is 35.5. The predicted octanol–water partition coefficient (Wildman–Crippen LogP) is 1.84. The zero-order chi connectivity index (χ0) is 15.7. The maximum atomic E-state index is 13.0. The van der Waals surface area contributed by atoms with E-state index < -0.39 is 5.60 Å². The van der Waals surface area contributed by atoms with Crippen molar-refractivity contribution in [3.8, 4) is 0 Å². The van der Waals surface area contributed by atoms with Crippen LogP contribution in [0.2, 0.25) is 0 Å². The van der Waals surface area contributed by atoms with Gasteiger partial charge in [-0.25, -0.2) is 0 Å². The van der Waals surface area contributed by atoms with Crippen LogP contribution in [0.15, 0.2) is 0 Å². The van der Waals surface area contributed by atoms with Gasteiger partial charge in [-0.15, -0.1) is 12.4 Å². The molecule has 0 aromatic heterocycles. The molecule has 5 nitrogen and oxygen atoms in total. The van der Waals surface area contributed by atoms with Crippen molar-refractivity contribution in [1.29, 1.82) is 0 Å². The fourth-order valence-electron chi connectivity index (χ4n) is 3.80. The van der Waals surface area contributed by atoms with Gasteiger partial charge in [0.05, 0.1) is 6.10 Å². The molecule has 1 aliphatic heterocycles. The van der Waals surface area contributed by atoms with Crippen molar-refractivity contribution >= 4 is 18.3 Å². The highest BCUT2D eigenvalue weighted by Gasteiger charge is 2.54. The molecule has 1 saturated carbocycles. The minimum atomic E-state index is -0.646. The average molecular weight is 335 g/mol. The van der Waals surface area contributed by atoms with Crippen LogP contribution in [0.25, 0.3) is 0 Å². The van der Waals surface area contributed by atoms with Gasteiger partial charge in [0.25, 0.3) is 5.91 Å². The zero-order valence-corrected chi connectivity index (χ0v) is 15.3. The van der Waals surface area contributed by atoms with E-state index in [-0.39, 0.29) is 35.9 Å². The van der Waals surface area contributed by atoms with Gasteiger partial charge in [-0.05, 0) is 39.3 Å². The van der Waals surface area contributed by atoms with Crippen LogP contribution in [0, 0.1) is 5.41 Å². The van der Waals surface area contributed by atoms with Crippen molar-refractivity contribution in [2.24, 2.45) is 5.41 Å². The summed E-state index contributed by atoms with van der Waals surface area (Å²) < 4.78 is 11.4. The number of nitrogens with zero attached hydrogens (tertiary/aromatic N) is 1. The zero-order valence-electron chi connectivity index (χ0n) is 14.5. The molecule has 130 valence electrons. The van der Waals surface area contributed by atoms with Gasteiger partial charge >= 0.3 is 0 Å². The Hall–Kier alpha value is -0.360. The first-order chi connectivity index (χ1) is 9.89. The number of halogens is 1. The summed E-state index contributed by atoms with van der Waals surface area (Å²) in [6.45, 7) is 8.80. The molecule has 2 fully saturated rings. The average Bonchev–Trinajstić information content (AvgIpc) is 2.50. The molecular weight excluding hydrogens is 304 g/mol. The van der Waals surface area contributed by atoms with Crippen LogP contribution in [0.1, 0.15) is 40.0 Å². The Morgan fingerprint density at radius 3 is 2.36 bits per heavy atom. The Labute approximate surface area is 140 Å². The number of amides is 1. The fourth-order valence-corrected chi connectivity index (χ4v) is 3.80. The Kier molecular flexibility index (Phi) is 6.69. The highest BCUT2D eigenvalue weighted by molar-refractivity contribution is 5.86. The molecule has 2 rings (SSSR count). The second-order valence-electron chi connectivity index (χ2n) is 6.88. The topological polar surface area (TPSA) is 50.8 Å². The minimum absolute atomic E-state index is 0. The molecule has 1 aliphatic carbocycles. The van der Waals surface area contributed by atoms with Crippen LogP contribution < -0.4 is 5.32 Å². The summed E-state index contributed by atoms with van der Waals surface area (Å²) in [4.78, 5) is 14.9. The van der Waals surface area contributed by atoms with Gasteiger partial charge in [0.1, 0.15) is 5.60 Å². The maximum absolute atomic E-state index is 13.0. The number of carbonyl (C=O) groups is 1. The van der Waals surface area contributed by atoms with Gasteiger partial charge in [0.2, 0.25) is 0 Å². The smallest absolute Gasteiger partial charge is 0.254 e. The first-order valence-electron chi connectivity index (χ1n) is 8.04. The summed E-state index contributed by atoms with van der Waals surface area (Å²) >= 11 is 0. The minimum Gasteiger partial charge on any atom is -0.378 e. The van der Waals surface area contributed by atoms with E-state index in [0.717, 1.165) is 39.0 Å². The molecule has 1 saturated heterocycles. The first-order valence-corrected chi connectivity index (χ1v) is 8.04. The highest BCUT2D eigenvalue weighted by Crippen LogP contribution is 2.46. The molecule has 1 N–H and O–H groups in total. The van der Waals surface area contributed by atoms with Crippen LogP contribution in [0.3, 0.4) is 0 Å². The Bertz CT molecular complexity index is 384. The number of ether oxygens (including phenoxy) is 2. The van der Waals surface area contributed by atoms with E-state index in [1.165, 1.54) is 0 Å². The Balaban J connectivity index is 0.00000242. The van der Waals surface area contributed by atoms with Crippen molar-refractivity contribution in [3.05, 3.63) is 0 Å². The number of hydrogen-bond donors (Lipinski definition) is 1. The molecule has 22 heavy (non-hydrogen) atoms. The number of piperidine rings is 1. The van der Waals surface area contributed by atoms with Crippen molar-refractivity contribution < 1.29 is 14.3 Å². The molecule has 1 heterocycles. The van der Waals surface area contributed by atoms with Crippen molar-refractivity contribution in [2.75, 3.05) is 33.9 Å². The van der Waals surface area contributed by atoms with Crippen molar-refractivity contribution in [1.82, 2.24) is 10.2 Å². The summed E-state index contributed by atoms with van der Waals surface area (Å²) in [7, 11) is 3.58. The molecule has 1 amide bonds. The lowest BCUT2D eigenvalue weighted by molar-refractivity contribution is -0.181. The summed E-state index contributed by atoms with van der Waals surface area (Å²) in [5.74, 6) is 0.125. The standard InChI is InChI=1S/C16H30N2O3.ClH/c1-6-21-13-11-12(15(13,2)3)18(4)14(19)16(20-5)7-9-17-10-8-16;/h12-13,17H,6-11H2,1-5H3;1H. The number of methoxy groups -OCH3 is 1. The van der Waals surface area contributed by atoms with Gasteiger partial charge in [-0.2, -0.15) is 0 Å².